The van der Waals surface area contributed by atoms with Gasteiger partial charge in [-0.25, -0.2) is 0 Å². The van der Waals surface area contributed by atoms with Gasteiger partial charge in [-0.3, -0.25) is 14.9 Å². The maximum atomic E-state index is 12.1. The first kappa shape index (κ1) is 16.0. The molecule has 1 N–H and O–H groups in total. The molecule has 0 spiro atoms. The minimum Gasteiger partial charge on any atom is -0.322 e. The Morgan fingerprint density at radius 1 is 1.14 bits per heavy atom. The topological polar surface area (TPSA) is 72.2 Å². The summed E-state index contributed by atoms with van der Waals surface area (Å²) in [4.78, 5) is 22.1. The Kier molecular flexibility index (Phi) is 5.02. The summed E-state index contributed by atoms with van der Waals surface area (Å²) in [6.07, 6.45) is 0. The van der Waals surface area contributed by atoms with Crippen LogP contribution in [0.1, 0.15) is 10.4 Å². The molecule has 0 aliphatic carbocycles. The van der Waals surface area contributed by atoms with Crippen LogP contribution in [-0.4, -0.2) is 10.8 Å². The largest absolute Gasteiger partial charge is 0.322 e. The second-order valence-corrected chi connectivity index (χ2v) is 5.98. The number of nitro groups is 1. The molecule has 0 aliphatic rings. The van der Waals surface area contributed by atoms with Crippen LogP contribution in [0, 0.1) is 13.7 Å². The quantitative estimate of drug-likeness (QED) is 0.428. The zero-order valence-corrected chi connectivity index (χ0v) is 13.9. The predicted molar refractivity (Wildman–Crippen MR) is 90.2 cm³/mol. The third kappa shape index (κ3) is 3.84. The van der Waals surface area contributed by atoms with Crippen molar-refractivity contribution in [3.63, 3.8) is 0 Å². The average molecular weight is 437 g/mol. The van der Waals surface area contributed by atoms with E-state index < -0.39 is 4.92 Å². The second kappa shape index (κ2) is 6.59. The lowest BCUT2D eigenvalue weighted by Crippen LogP contribution is -2.12. The first-order chi connectivity index (χ1) is 9.88. The summed E-state index contributed by atoms with van der Waals surface area (Å²) in [5.41, 5.74) is 0.534. The fourth-order valence-corrected chi connectivity index (χ4v) is 2.34. The van der Waals surface area contributed by atoms with Gasteiger partial charge in [0.15, 0.2) is 0 Å². The fraction of sp³-hybridized carbons (Fsp3) is 0. The van der Waals surface area contributed by atoms with Crippen LogP contribution in [0.2, 0.25) is 10.0 Å². The predicted octanol–water partition coefficient (Wildman–Crippen LogP) is 4.76. The van der Waals surface area contributed by atoms with Gasteiger partial charge in [0, 0.05) is 20.9 Å². The van der Waals surface area contributed by atoms with Gasteiger partial charge in [0.1, 0.15) is 5.02 Å². The van der Waals surface area contributed by atoms with E-state index in [0.29, 0.717) is 16.3 Å². The number of amides is 1. The molecule has 0 radical (unpaired) electrons. The third-order valence-electron chi connectivity index (χ3n) is 2.58. The van der Waals surface area contributed by atoms with Crippen LogP contribution in [-0.2, 0) is 0 Å². The van der Waals surface area contributed by atoms with Crippen LogP contribution in [0.4, 0.5) is 11.4 Å². The van der Waals surface area contributed by atoms with Gasteiger partial charge in [0.2, 0.25) is 0 Å². The molecule has 2 rings (SSSR count). The van der Waals surface area contributed by atoms with Crippen molar-refractivity contribution in [1.29, 1.82) is 0 Å². The minimum absolute atomic E-state index is 0.0431. The molecule has 2 aromatic rings. The average Bonchev–Trinajstić information content (AvgIpc) is 2.41. The monoisotopic (exact) mass is 436 g/mol. The summed E-state index contributed by atoms with van der Waals surface area (Å²) in [7, 11) is 0. The molecule has 5 nitrogen and oxygen atoms in total. The molecule has 0 fully saturated rings. The molecule has 0 aromatic heterocycles. The second-order valence-electron chi connectivity index (χ2n) is 4.01. The number of nitro benzene ring substituents is 1. The van der Waals surface area contributed by atoms with Gasteiger partial charge in [-0.05, 0) is 52.9 Å². The Labute approximate surface area is 143 Å². The zero-order valence-electron chi connectivity index (χ0n) is 10.3. The van der Waals surface area contributed by atoms with E-state index >= 15 is 0 Å². The van der Waals surface area contributed by atoms with Crippen molar-refractivity contribution in [3.05, 3.63) is 65.7 Å². The number of hydrogen-bond acceptors (Lipinski definition) is 3. The number of halogens is 3. The summed E-state index contributed by atoms with van der Waals surface area (Å²) >= 11 is 13.8. The van der Waals surface area contributed by atoms with Gasteiger partial charge in [-0.1, -0.05) is 23.2 Å². The SMILES string of the molecule is O=C(Nc1ccc([N+](=O)[O-])c(Cl)c1)c1ccc(I)c(Cl)c1. The van der Waals surface area contributed by atoms with Gasteiger partial charge in [0.05, 0.1) is 9.95 Å². The number of hydrogen-bond donors (Lipinski definition) is 1. The summed E-state index contributed by atoms with van der Waals surface area (Å²) in [5.74, 6) is -0.377. The van der Waals surface area contributed by atoms with Crippen LogP contribution < -0.4 is 5.32 Å². The zero-order chi connectivity index (χ0) is 15.6. The van der Waals surface area contributed by atoms with Gasteiger partial charge in [-0.2, -0.15) is 0 Å². The fourth-order valence-electron chi connectivity index (χ4n) is 1.57. The molecule has 0 aliphatic heterocycles. The molecule has 0 bridgehead atoms. The van der Waals surface area contributed by atoms with Crippen molar-refractivity contribution in [2.75, 3.05) is 5.32 Å². The van der Waals surface area contributed by atoms with Crippen LogP contribution in [0.15, 0.2) is 36.4 Å². The summed E-state index contributed by atoms with van der Waals surface area (Å²) in [5, 5.41) is 13.7. The molecule has 0 heterocycles. The summed E-state index contributed by atoms with van der Waals surface area (Å²) < 4.78 is 0.837. The molecule has 108 valence electrons. The van der Waals surface area contributed by atoms with Crippen molar-refractivity contribution in [2.45, 2.75) is 0 Å². The Morgan fingerprint density at radius 3 is 2.43 bits per heavy atom. The van der Waals surface area contributed by atoms with Crippen LogP contribution >= 0.6 is 45.8 Å². The van der Waals surface area contributed by atoms with Crippen molar-refractivity contribution in [1.82, 2.24) is 0 Å². The molecule has 1 amide bonds. The Balaban J connectivity index is 2.21. The molecule has 0 saturated carbocycles. The number of rotatable bonds is 3. The highest BCUT2D eigenvalue weighted by Crippen LogP contribution is 2.27. The van der Waals surface area contributed by atoms with Crippen molar-refractivity contribution in [3.8, 4) is 0 Å². The molecule has 8 heteroatoms. The highest BCUT2D eigenvalue weighted by molar-refractivity contribution is 14.1. The molecule has 0 atom stereocenters. The van der Waals surface area contributed by atoms with E-state index in [2.05, 4.69) is 27.9 Å². The number of carbonyl (C=O) groups is 1. The van der Waals surface area contributed by atoms with E-state index in [1.54, 1.807) is 18.2 Å². The lowest BCUT2D eigenvalue weighted by Gasteiger charge is -2.07. The summed E-state index contributed by atoms with van der Waals surface area (Å²) in [6, 6.07) is 8.88. The number of anilines is 1. The van der Waals surface area contributed by atoms with Crippen LogP contribution in [0.25, 0.3) is 0 Å². The van der Waals surface area contributed by atoms with Crippen molar-refractivity contribution >= 4 is 63.1 Å². The van der Waals surface area contributed by atoms with E-state index in [1.165, 1.54) is 18.2 Å². The van der Waals surface area contributed by atoms with Crippen molar-refractivity contribution < 1.29 is 9.72 Å². The minimum atomic E-state index is -0.590. The van der Waals surface area contributed by atoms with Gasteiger partial charge in [-0.15, -0.1) is 0 Å². The van der Waals surface area contributed by atoms with E-state index in [1.807, 2.05) is 0 Å². The number of carbonyl (C=O) groups excluding carboxylic acids is 1. The molecular formula is C13H7Cl2IN2O3. The van der Waals surface area contributed by atoms with Gasteiger partial charge >= 0.3 is 0 Å². The van der Waals surface area contributed by atoms with Crippen LogP contribution in [0.5, 0.6) is 0 Å². The number of nitrogens with zero attached hydrogens (tertiary/aromatic N) is 1. The highest BCUT2D eigenvalue weighted by Gasteiger charge is 2.14. The lowest BCUT2D eigenvalue weighted by atomic mass is 10.2. The normalized spacial score (nSPS) is 10.2. The number of nitrogens with one attached hydrogen (secondary N) is 1. The van der Waals surface area contributed by atoms with Gasteiger partial charge in [0.25, 0.3) is 11.6 Å². The Hall–Kier alpha value is -1.38. The first-order valence-electron chi connectivity index (χ1n) is 5.59. The Bertz CT molecular complexity index is 737. The Morgan fingerprint density at radius 2 is 1.86 bits per heavy atom. The van der Waals surface area contributed by atoms with Crippen LogP contribution in [0.3, 0.4) is 0 Å². The number of benzene rings is 2. The standard InChI is InChI=1S/C13H7Cl2IN2O3/c14-9-5-7(1-3-11(9)16)13(19)17-8-2-4-12(18(20)21)10(15)6-8/h1-6H,(H,17,19). The molecule has 0 unspecified atom stereocenters. The highest BCUT2D eigenvalue weighted by atomic mass is 127. The summed E-state index contributed by atoms with van der Waals surface area (Å²) in [6.45, 7) is 0. The van der Waals surface area contributed by atoms with E-state index in [0.717, 1.165) is 3.57 Å². The van der Waals surface area contributed by atoms with E-state index in [4.69, 9.17) is 23.2 Å². The van der Waals surface area contributed by atoms with E-state index in [-0.39, 0.29) is 16.6 Å². The third-order valence-corrected chi connectivity index (χ3v) is 4.46. The van der Waals surface area contributed by atoms with Crippen molar-refractivity contribution in [2.24, 2.45) is 0 Å². The smallest absolute Gasteiger partial charge is 0.288 e. The molecule has 2 aromatic carbocycles. The first-order valence-corrected chi connectivity index (χ1v) is 7.42. The lowest BCUT2D eigenvalue weighted by molar-refractivity contribution is -0.384. The maximum absolute atomic E-state index is 12.1. The van der Waals surface area contributed by atoms with Gasteiger partial charge < -0.3 is 5.32 Å². The van der Waals surface area contributed by atoms with E-state index in [9.17, 15) is 14.9 Å². The molecule has 21 heavy (non-hydrogen) atoms. The molecular weight excluding hydrogens is 430 g/mol. The molecule has 0 saturated heterocycles. The maximum Gasteiger partial charge on any atom is 0.288 e.